The third-order valence-electron chi connectivity index (χ3n) is 3.30. The van der Waals surface area contributed by atoms with E-state index in [9.17, 15) is 14.7 Å². The van der Waals surface area contributed by atoms with Gasteiger partial charge in [-0.3, -0.25) is 9.59 Å². The van der Waals surface area contributed by atoms with Crippen LogP contribution in [0.15, 0.2) is 0 Å². The lowest BCUT2D eigenvalue weighted by Gasteiger charge is -2.32. The van der Waals surface area contributed by atoms with E-state index in [1.807, 2.05) is 34.6 Å². The minimum atomic E-state index is -1.41. The number of aliphatic hydroxyl groups is 1. The van der Waals surface area contributed by atoms with Gasteiger partial charge in [-0.2, -0.15) is 0 Å². The number of unbranched alkanes of at least 4 members (excludes halogenated alkanes) is 2. The van der Waals surface area contributed by atoms with E-state index in [-0.39, 0.29) is 11.2 Å². The first kappa shape index (κ1) is 22.4. The van der Waals surface area contributed by atoms with Crippen LogP contribution in [-0.2, 0) is 9.59 Å². The summed E-state index contributed by atoms with van der Waals surface area (Å²) in [7, 11) is 0. The van der Waals surface area contributed by atoms with E-state index >= 15 is 0 Å². The van der Waals surface area contributed by atoms with E-state index in [4.69, 9.17) is 0 Å². The molecular formula is C17H35NO3. The summed E-state index contributed by atoms with van der Waals surface area (Å²) in [6.07, 6.45) is 3.24. The zero-order valence-electron chi connectivity index (χ0n) is 15.2. The minimum Gasteiger partial charge on any atom is -0.380 e. The Morgan fingerprint density at radius 1 is 1.10 bits per heavy atom. The minimum absolute atomic E-state index is 0.0924. The van der Waals surface area contributed by atoms with Gasteiger partial charge >= 0.3 is 0 Å². The maximum Gasteiger partial charge on any atom is 0.252 e. The van der Waals surface area contributed by atoms with Crippen molar-refractivity contribution in [2.45, 2.75) is 92.7 Å². The van der Waals surface area contributed by atoms with Gasteiger partial charge in [0, 0.05) is 0 Å². The largest absolute Gasteiger partial charge is 0.380 e. The van der Waals surface area contributed by atoms with E-state index in [0.717, 1.165) is 19.3 Å². The lowest BCUT2D eigenvalue weighted by Crippen LogP contribution is -2.54. The zero-order valence-corrected chi connectivity index (χ0v) is 15.2. The van der Waals surface area contributed by atoms with Gasteiger partial charge in [-0.1, -0.05) is 60.8 Å². The Kier molecular flexibility index (Phi) is 10.6. The first-order chi connectivity index (χ1) is 9.52. The highest BCUT2D eigenvalue weighted by Gasteiger charge is 2.36. The molecule has 4 nitrogen and oxygen atoms in total. The predicted molar refractivity (Wildman–Crippen MR) is 88.2 cm³/mol. The van der Waals surface area contributed by atoms with E-state index in [2.05, 4.69) is 12.2 Å². The van der Waals surface area contributed by atoms with Crippen LogP contribution in [0.5, 0.6) is 0 Å². The molecule has 0 aromatic rings. The molecule has 0 spiro atoms. The van der Waals surface area contributed by atoms with Crippen molar-refractivity contribution in [3.05, 3.63) is 0 Å². The molecule has 0 bridgehead atoms. The van der Waals surface area contributed by atoms with Crippen molar-refractivity contribution >= 4 is 11.7 Å². The second-order valence-electron chi connectivity index (χ2n) is 6.61. The molecule has 0 heterocycles. The fraction of sp³-hybridized carbons (Fsp3) is 0.882. The van der Waals surface area contributed by atoms with Crippen molar-refractivity contribution in [2.75, 3.05) is 0 Å². The molecule has 0 fully saturated rings. The Morgan fingerprint density at radius 2 is 1.57 bits per heavy atom. The fourth-order valence-electron chi connectivity index (χ4n) is 2.05. The van der Waals surface area contributed by atoms with Crippen LogP contribution >= 0.6 is 0 Å². The molecule has 0 radical (unpaired) electrons. The molecule has 0 saturated carbocycles. The van der Waals surface area contributed by atoms with Crippen molar-refractivity contribution < 1.29 is 14.7 Å². The Balaban J connectivity index is 0. The summed E-state index contributed by atoms with van der Waals surface area (Å²) in [4.78, 5) is 23.7. The Labute approximate surface area is 130 Å². The second-order valence-corrected chi connectivity index (χ2v) is 6.61. The number of hydrogen-bond acceptors (Lipinski definition) is 3. The SMILES string of the molecule is CC.CCCCCC(C)(O)C(=O)NC(C(C)=O)C(C)(C)C. The summed E-state index contributed by atoms with van der Waals surface area (Å²) < 4.78 is 0. The maximum atomic E-state index is 12.1. The van der Waals surface area contributed by atoms with Gasteiger partial charge in [0.1, 0.15) is 5.60 Å². The normalized spacial score (nSPS) is 15.3. The number of nitrogens with one attached hydrogen (secondary N) is 1. The van der Waals surface area contributed by atoms with E-state index in [1.165, 1.54) is 13.8 Å². The highest BCUT2D eigenvalue weighted by atomic mass is 16.3. The quantitative estimate of drug-likeness (QED) is 0.708. The Bertz CT molecular complexity index is 316. The van der Waals surface area contributed by atoms with Crippen LogP contribution in [0, 0.1) is 5.41 Å². The van der Waals surface area contributed by atoms with E-state index in [0.29, 0.717) is 6.42 Å². The van der Waals surface area contributed by atoms with E-state index in [1.54, 1.807) is 0 Å². The summed E-state index contributed by atoms with van der Waals surface area (Å²) in [6.45, 7) is 14.7. The molecule has 0 saturated heterocycles. The molecule has 0 aromatic heterocycles. The summed E-state index contributed by atoms with van der Waals surface area (Å²) in [5.74, 6) is -0.552. The number of hydrogen-bond donors (Lipinski definition) is 2. The van der Waals surface area contributed by atoms with Crippen molar-refractivity contribution in [3.8, 4) is 0 Å². The number of Topliss-reactive ketones (excluding diaryl/α,β-unsaturated/α-hetero) is 1. The fourth-order valence-corrected chi connectivity index (χ4v) is 2.05. The molecule has 0 aromatic carbocycles. The topological polar surface area (TPSA) is 66.4 Å². The first-order valence-corrected chi connectivity index (χ1v) is 8.06. The number of carbonyl (C=O) groups is 2. The summed E-state index contributed by atoms with van der Waals surface area (Å²) >= 11 is 0. The molecule has 126 valence electrons. The third kappa shape index (κ3) is 8.86. The third-order valence-corrected chi connectivity index (χ3v) is 3.30. The van der Waals surface area contributed by atoms with Crippen LogP contribution in [0.1, 0.15) is 81.1 Å². The summed E-state index contributed by atoms with van der Waals surface area (Å²) in [6, 6.07) is -0.572. The average molecular weight is 301 g/mol. The number of rotatable bonds is 7. The average Bonchev–Trinajstić information content (AvgIpc) is 2.36. The molecule has 0 aliphatic carbocycles. The van der Waals surface area contributed by atoms with Crippen LogP contribution < -0.4 is 5.32 Å². The van der Waals surface area contributed by atoms with Crippen LogP contribution in [0.4, 0.5) is 0 Å². The predicted octanol–water partition coefficient (Wildman–Crippen LogP) is 3.46. The van der Waals surface area contributed by atoms with Crippen molar-refractivity contribution in [1.29, 1.82) is 0 Å². The van der Waals surface area contributed by atoms with Crippen LogP contribution in [0.2, 0.25) is 0 Å². The van der Waals surface area contributed by atoms with Gasteiger partial charge < -0.3 is 10.4 Å². The Hall–Kier alpha value is -0.900. The lowest BCUT2D eigenvalue weighted by atomic mass is 9.84. The molecule has 1 amide bonds. The number of amides is 1. The number of carbonyl (C=O) groups excluding carboxylic acids is 2. The van der Waals surface area contributed by atoms with Gasteiger partial charge in [-0.15, -0.1) is 0 Å². The summed E-state index contributed by atoms with van der Waals surface area (Å²) in [5, 5.41) is 12.9. The van der Waals surface area contributed by atoms with E-state index < -0.39 is 17.6 Å². The van der Waals surface area contributed by atoms with Crippen LogP contribution in [0.25, 0.3) is 0 Å². The van der Waals surface area contributed by atoms with Gasteiger partial charge in [0.25, 0.3) is 5.91 Å². The van der Waals surface area contributed by atoms with Crippen molar-refractivity contribution in [3.63, 3.8) is 0 Å². The molecule has 4 heteroatoms. The molecule has 2 unspecified atom stereocenters. The smallest absolute Gasteiger partial charge is 0.252 e. The molecule has 0 aliphatic heterocycles. The first-order valence-electron chi connectivity index (χ1n) is 8.06. The van der Waals surface area contributed by atoms with Gasteiger partial charge in [0.2, 0.25) is 0 Å². The maximum absolute atomic E-state index is 12.1. The molecule has 2 N–H and O–H groups in total. The molecule has 0 rings (SSSR count). The zero-order chi connectivity index (χ0) is 17.3. The number of ketones is 1. The van der Waals surface area contributed by atoms with Crippen molar-refractivity contribution in [1.82, 2.24) is 5.32 Å². The van der Waals surface area contributed by atoms with Gasteiger partial charge in [-0.25, -0.2) is 0 Å². The van der Waals surface area contributed by atoms with Crippen LogP contribution in [0.3, 0.4) is 0 Å². The Morgan fingerprint density at radius 3 is 1.90 bits per heavy atom. The summed E-state index contributed by atoms with van der Waals surface area (Å²) in [5.41, 5.74) is -1.77. The second kappa shape index (κ2) is 9.93. The molecule has 2 atom stereocenters. The van der Waals surface area contributed by atoms with Gasteiger partial charge in [0.05, 0.1) is 6.04 Å². The monoisotopic (exact) mass is 301 g/mol. The molecule has 21 heavy (non-hydrogen) atoms. The highest BCUT2D eigenvalue weighted by molar-refractivity contribution is 5.91. The van der Waals surface area contributed by atoms with Gasteiger partial charge in [-0.05, 0) is 25.7 Å². The lowest BCUT2D eigenvalue weighted by molar-refractivity contribution is -0.142. The van der Waals surface area contributed by atoms with Gasteiger partial charge in [0.15, 0.2) is 5.78 Å². The highest BCUT2D eigenvalue weighted by Crippen LogP contribution is 2.22. The molecule has 0 aliphatic rings. The standard InChI is InChI=1S/C15H29NO3.C2H6/c1-7-8-9-10-15(6,19)13(18)16-12(11(2)17)14(3,4)5;1-2/h12,19H,7-10H2,1-6H3,(H,16,18);1-2H3. The van der Waals surface area contributed by atoms with Crippen LogP contribution in [-0.4, -0.2) is 28.4 Å². The van der Waals surface area contributed by atoms with Crippen molar-refractivity contribution in [2.24, 2.45) is 5.41 Å². The molecular weight excluding hydrogens is 266 g/mol.